The zero-order valence-electron chi connectivity index (χ0n) is 14.5. The predicted molar refractivity (Wildman–Crippen MR) is 118 cm³/mol. The van der Waals surface area contributed by atoms with Gasteiger partial charge in [0.05, 0.1) is 13.9 Å². The van der Waals surface area contributed by atoms with E-state index >= 15 is 0 Å². The summed E-state index contributed by atoms with van der Waals surface area (Å²) in [6.45, 7) is 4.74. The van der Waals surface area contributed by atoms with E-state index < -0.39 is 0 Å². The van der Waals surface area contributed by atoms with Gasteiger partial charge >= 0.3 is 0 Å². The minimum atomic E-state index is -0.185. The van der Waals surface area contributed by atoms with E-state index in [1.165, 1.54) is 22.7 Å². The number of benzene rings is 1. The number of carbonyl (C=O) groups is 2. The summed E-state index contributed by atoms with van der Waals surface area (Å²) in [7, 11) is 0. The van der Waals surface area contributed by atoms with Crippen molar-refractivity contribution < 1.29 is 9.59 Å². The van der Waals surface area contributed by atoms with E-state index in [9.17, 15) is 9.59 Å². The highest BCUT2D eigenvalue weighted by Crippen LogP contribution is 2.41. The van der Waals surface area contributed by atoms with E-state index in [4.69, 9.17) is 23.2 Å². The van der Waals surface area contributed by atoms with Crippen LogP contribution in [0.5, 0.6) is 0 Å². The number of fused-ring (bicyclic) bond motifs is 2. The summed E-state index contributed by atoms with van der Waals surface area (Å²) in [6.07, 6.45) is 0. The van der Waals surface area contributed by atoms with Gasteiger partial charge in [-0.1, -0.05) is 22.7 Å². The molecule has 0 saturated carbocycles. The number of hydrogen-bond donors (Lipinski definition) is 0. The highest BCUT2D eigenvalue weighted by molar-refractivity contribution is 9.10. The zero-order valence-corrected chi connectivity index (χ0v) is 19.2. The van der Waals surface area contributed by atoms with E-state index in [2.05, 4.69) is 25.9 Å². The van der Waals surface area contributed by atoms with E-state index in [0.29, 0.717) is 23.4 Å². The first-order valence-electron chi connectivity index (χ1n) is 8.07. The fraction of sp³-hybridized carbons (Fsp3) is 0.375. The molecule has 0 aliphatic heterocycles. The number of amides is 2. The molecular weight excluding hydrogens is 495 g/mol. The Morgan fingerprint density at radius 2 is 1.37 bits per heavy atom. The third-order valence-electron chi connectivity index (χ3n) is 3.89. The Bertz CT molecular complexity index is 946. The van der Waals surface area contributed by atoms with E-state index in [-0.39, 0.29) is 23.6 Å². The number of carbonyl (C=O) groups excluding carboxylic acids is 2. The number of rotatable bonds is 6. The van der Waals surface area contributed by atoms with Gasteiger partial charge in [-0.05, 0) is 35.8 Å². The van der Waals surface area contributed by atoms with Gasteiger partial charge in [0.15, 0.2) is 10.3 Å². The second-order valence-corrected chi connectivity index (χ2v) is 8.77. The van der Waals surface area contributed by atoms with Crippen molar-refractivity contribution in [2.45, 2.75) is 13.8 Å². The molecule has 0 unspecified atom stereocenters. The molecule has 0 spiro atoms. The normalized spacial score (nSPS) is 11.3. The molecule has 6 nitrogen and oxygen atoms in total. The van der Waals surface area contributed by atoms with E-state index in [1.807, 2.05) is 19.9 Å². The second-order valence-electron chi connectivity index (χ2n) is 5.42. The van der Waals surface area contributed by atoms with Crippen LogP contribution in [-0.4, -0.2) is 46.6 Å². The summed E-state index contributed by atoms with van der Waals surface area (Å²) in [5.74, 6) is -0.553. The minimum Gasteiger partial charge on any atom is -0.287 e. The van der Waals surface area contributed by atoms with Crippen LogP contribution in [0.15, 0.2) is 10.5 Å². The second kappa shape index (κ2) is 8.57. The predicted octanol–water partition coefficient (Wildman–Crippen LogP) is 4.85. The molecule has 144 valence electrons. The molecule has 27 heavy (non-hydrogen) atoms. The van der Waals surface area contributed by atoms with Crippen LogP contribution in [0.4, 0.5) is 10.3 Å². The molecule has 2 aromatic heterocycles. The fourth-order valence-electron chi connectivity index (χ4n) is 2.59. The van der Waals surface area contributed by atoms with Crippen LogP contribution in [0.1, 0.15) is 13.8 Å². The monoisotopic (exact) mass is 508 g/mol. The highest BCUT2D eigenvalue weighted by atomic mass is 79.9. The summed E-state index contributed by atoms with van der Waals surface area (Å²) in [5.41, 5.74) is 1.46. The maximum atomic E-state index is 12.0. The maximum absolute atomic E-state index is 12.0. The van der Waals surface area contributed by atoms with Crippen molar-refractivity contribution in [2.24, 2.45) is 0 Å². The van der Waals surface area contributed by atoms with Crippen LogP contribution < -0.4 is 9.80 Å². The lowest BCUT2D eigenvalue weighted by Crippen LogP contribution is -2.31. The average Bonchev–Trinajstić information content (AvgIpc) is 3.27. The van der Waals surface area contributed by atoms with Crippen LogP contribution in [0, 0.1) is 0 Å². The molecular formula is C16H15BrCl2N4O2S2. The van der Waals surface area contributed by atoms with Crippen LogP contribution >= 0.6 is 61.8 Å². The van der Waals surface area contributed by atoms with Gasteiger partial charge in [-0.3, -0.25) is 19.4 Å². The highest BCUT2D eigenvalue weighted by Gasteiger charge is 2.22. The fourth-order valence-corrected chi connectivity index (χ4v) is 6.02. The molecule has 3 rings (SSSR count). The molecule has 0 fully saturated rings. The van der Waals surface area contributed by atoms with Gasteiger partial charge in [-0.25, -0.2) is 9.97 Å². The number of thiazole rings is 2. The largest absolute Gasteiger partial charge is 0.287 e. The summed E-state index contributed by atoms with van der Waals surface area (Å²) in [6, 6.07) is 1.98. The molecule has 0 saturated heterocycles. The summed E-state index contributed by atoms with van der Waals surface area (Å²) in [4.78, 5) is 36.4. The van der Waals surface area contributed by atoms with Crippen molar-refractivity contribution in [3.63, 3.8) is 0 Å². The van der Waals surface area contributed by atoms with Gasteiger partial charge in [0.25, 0.3) is 0 Å². The van der Waals surface area contributed by atoms with Crippen molar-refractivity contribution in [3.8, 4) is 0 Å². The minimum absolute atomic E-state index is 0.0909. The quantitative estimate of drug-likeness (QED) is 0.445. The Balaban J connectivity index is 2.11. The van der Waals surface area contributed by atoms with E-state index in [0.717, 1.165) is 24.9 Å². The molecule has 3 aromatic rings. The first-order valence-corrected chi connectivity index (χ1v) is 11.6. The van der Waals surface area contributed by atoms with Gasteiger partial charge in [0.1, 0.15) is 22.8 Å². The smallest absolute Gasteiger partial charge is 0.243 e. The Kier molecular flexibility index (Phi) is 6.58. The van der Waals surface area contributed by atoms with Crippen LogP contribution in [0.2, 0.25) is 0 Å². The van der Waals surface area contributed by atoms with Crippen molar-refractivity contribution in [3.05, 3.63) is 10.5 Å². The molecule has 0 atom stereocenters. The third-order valence-corrected chi connectivity index (χ3v) is 7.15. The first-order chi connectivity index (χ1) is 12.9. The van der Waals surface area contributed by atoms with Crippen molar-refractivity contribution in [1.29, 1.82) is 0 Å². The Morgan fingerprint density at radius 1 is 0.963 bits per heavy atom. The van der Waals surface area contributed by atoms with Crippen molar-refractivity contribution in [1.82, 2.24) is 9.97 Å². The third kappa shape index (κ3) is 3.80. The lowest BCUT2D eigenvalue weighted by Gasteiger charge is -2.15. The standard InChI is InChI=1S/C16H15BrCl2N4O2S2/c1-3-22(10(24)6-18)15-20-13-8(26-15)5-9-14(12(13)17)21-16(27-9)23(4-2)11(25)7-19/h5H,3-4,6-7H2,1-2H3. The summed E-state index contributed by atoms with van der Waals surface area (Å²) >= 11 is 17.8. The number of nitrogens with zero attached hydrogens (tertiary/aromatic N) is 4. The molecule has 0 bridgehead atoms. The maximum Gasteiger partial charge on any atom is 0.243 e. The summed E-state index contributed by atoms with van der Waals surface area (Å²) in [5, 5.41) is 1.20. The molecule has 2 amide bonds. The Morgan fingerprint density at radius 3 is 1.70 bits per heavy atom. The number of halogens is 3. The molecule has 0 aliphatic rings. The lowest BCUT2D eigenvalue weighted by atomic mass is 10.3. The Hall–Kier alpha value is -1.00. The van der Waals surface area contributed by atoms with Gasteiger partial charge in [0, 0.05) is 13.1 Å². The molecule has 0 aliphatic carbocycles. The number of anilines is 2. The number of hydrogen-bond acceptors (Lipinski definition) is 6. The van der Waals surface area contributed by atoms with E-state index in [1.54, 1.807) is 9.80 Å². The molecule has 2 heterocycles. The topological polar surface area (TPSA) is 66.4 Å². The van der Waals surface area contributed by atoms with Gasteiger partial charge < -0.3 is 0 Å². The lowest BCUT2D eigenvalue weighted by molar-refractivity contribution is -0.117. The van der Waals surface area contributed by atoms with Gasteiger partial charge in [-0.15, -0.1) is 23.2 Å². The zero-order chi connectivity index (χ0) is 19.7. The molecule has 1 aromatic carbocycles. The van der Waals surface area contributed by atoms with Crippen LogP contribution in [0.25, 0.3) is 20.4 Å². The van der Waals surface area contributed by atoms with Crippen molar-refractivity contribution in [2.75, 3.05) is 34.6 Å². The number of aromatic nitrogens is 2. The molecule has 0 N–H and O–H groups in total. The van der Waals surface area contributed by atoms with Crippen LogP contribution in [0.3, 0.4) is 0 Å². The SMILES string of the molecule is CCN(C(=O)CCl)c1nc2c(Br)c3nc(N(CC)C(=O)CCl)sc3cc2s1. The Labute approximate surface area is 182 Å². The molecule has 0 radical (unpaired) electrons. The molecule has 11 heteroatoms. The van der Waals surface area contributed by atoms with Crippen molar-refractivity contribution >= 4 is 104 Å². The number of alkyl halides is 2. The summed E-state index contributed by atoms with van der Waals surface area (Å²) < 4.78 is 2.59. The first kappa shape index (κ1) is 20.7. The van der Waals surface area contributed by atoms with Gasteiger partial charge in [-0.2, -0.15) is 0 Å². The van der Waals surface area contributed by atoms with Gasteiger partial charge in [0.2, 0.25) is 11.8 Å². The average molecular weight is 510 g/mol. The van der Waals surface area contributed by atoms with Crippen LogP contribution in [-0.2, 0) is 9.59 Å².